The number of aliphatic carboxylic acids is 1. The molecule has 110 valence electrons. The maximum atomic E-state index is 11.8. The number of aromatic nitrogens is 2. The fraction of sp³-hybridized carbons (Fsp3) is 0.615. The summed E-state index contributed by atoms with van der Waals surface area (Å²) in [6.45, 7) is 4.00. The Bertz CT molecular complexity index is 498. The quantitative estimate of drug-likeness (QED) is 0.784. The predicted molar refractivity (Wildman–Crippen MR) is 73.5 cm³/mol. The van der Waals surface area contributed by atoms with E-state index in [2.05, 4.69) is 15.7 Å². The van der Waals surface area contributed by atoms with E-state index in [1.165, 1.54) is 0 Å². The first-order valence-electron chi connectivity index (χ1n) is 6.80. The summed E-state index contributed by atoms with van der Waals surface area (Å²) in [5.41, 5.74) is 0.629. The van der Waals surface area contributed by atoms with Gasteiger partial charge < -0.3 is 15.7 Å². The molecule has 1 aromatic rings. The summed E-state index contributed by atoms with van der Waals surface area (Å²) in [6.07, 6.45) is 5.17. The molecule has 7 nitrogen and oxygen atoms in total. The van der Waals surface area contributed by atoms with Crippen LogP contribution in [0.4, 0.5) is 10.5 Å². The van der Waals surface area contributed by atoms with Crippen molar-refractivity contribution in [2.45, 2.75) is 45.2 Å². The molecule has 1 aliphatic carbocycles. The standard InChI is InChI=1S/C13H20N4O3/c1-8(2)17-7-11(6-14-17)16-13(20)15-10-4-3-9(5-10)12(18)19/h6-10H,3-5H2,1-2H3,(H,18,19)(H2,15,16,20)/t9-,10+/m1/s1. The molecule has 1 heterocycles. The number of urea groups is 1. The van der Waals surface area contributed by atoms with Gasteiger partial charge in [0.15, 0.2) is 0 Å². The lowest BCUT2D eigenvalue weighted by Gasteiger charge is -2.12. The molecule has 2 atom stereocenters. The number of anilines is 1. The fourth-order valence-corrected chi connectivity index (χ4v) is 2.37. The largest absolute Gasteiger partial charge is 0.481 e. The number of hydrogen-bond donors (Lipinski definition) is 3. The predicted octanol–water partition coefficient (Wildman–Crippen LogP) is 1.84. The van der Waals surface area contributed by atoms with Gasteiger partial charge in [-0.05, 0) is 33.1 Å². The van der Waals surface area contributed by atoms with Crippen LogP contribution >= 0.6 is 0 Å². The molecule has 1 aliphatic rings. The van der Waals surface area contributed by atoms with Crippen LogP contribution in [0, 0.1) is 5.92 Å². The van der Waals surface area contributed by atoms with Gasteiger partial charge in [0.2, 0.25) is 0 Å². The van der Waals surface area contributed by atoms with Crippen LogP contribution in [0.1, 0.15) is 39.2 Å². The maximum Gasteiger partial charge on any atom is 0.319 e. The molecule has 7 heteroatoms. The minimum Gasteiger partial charge on any atom is -0.481 e. The minimum atomic E-state index is -0.784. The van der Waals surface area contributed by atoms with Crippen molar-refractivity contribution in [3.8, 4) is 0 Å². The number of nitrogens with one attached hydrogen (secondary N) is 2. The van der Waals surface area contributed by atoms with Crippen molar-refractivity contribution in [2.24, 2.45) is 5.92 Å². The normalized spacial score (nSPS) is 21.9. The van der Waals surface area contributed by atoms with Gasteiger partial charge in [0.25, 0.3) is 0 Å². The van der Waals surface area contributed by atoms with Crippen molar-refractivity contribution in [3.05, 3.63) is 12.4 Å². The third kappa shape index (κ3) is 3.49. The first kappa shape index (κ1) is 14.4. The summed E-state index contributed by atoms with van der Waals surface area (Å²) in [6, 6.07) is -0.152. The number of carbonyl (C=O) groups excluding carboxylic acids is 1. The maximum absolute atomic E-state index is 11.8. The number of nitrogens with zero attached hydrogens (tertiary/aromatic N) is 2. The van der Waals surface area contributed by atoms with Gasteiger partial charge in [-0.25, -0.2) is 4.79 Å². The SMILES string of the molecule is CC(C)n1cc(NC(=O)N[C@H]2CC[C@@H](C(=O)O)C2)cn1. The van der Waals surface area contributed by atoms with Gasteiger partial charge in [-0.2, -0.15) is 5.10 Å². The highest BCUT2D eigenvalue weighted by atomic mass is 16.4. The average Bonchev–Trinajstić information content (AvgIpc) is 2.98. The molecule has 20 heavy (non-hydrogen) atoms. The van der Waals surface area contributed by atoms with Gasteiger partial charge in [0.05, 0.1) is 17.8 Å². The van der Waals surface area contributed by atoms with Crippen molar-refractivity contribution in [2.75, 3.05) is 5.32 Å². The molecule has 1 aromatic heterocycles. The molecule has 0 unspecified atom stereocenters. The third-order valence-electron chi connectivity index (χ3n) is 3.51. The van der Waals surface area contributed by atoms with E-state index in [1.54, 1.807) is 17.1 Å². The Hall–Kier alpha value is -2.05. The second kappa shape index (κ2) is 5.94. The molecule has 1 fully saturated rings. The van der Waals surface area contributed by atoms with E-state index in [9.17, 15) is 9.59 Å². The number of carboxylic acid groups (broad SMARTS) is 1. The molecular weight excluding hydrogens is 260 g/mol. The Morgan fingerprint density at radius 3 is 2.75 bits per heavy atom. The van der Waals surface area contributed by atoms with Crippen LogP contribution in [-0.4, -0.2) is 32.9 Å². The van der Waals surface area contributed by atoms with Crippen LogP contribution in [0.5, 0.6) is 0 Å². The van der Waals surface area contributed by atoms with Crippen molar-refractivity contribution in [3.63, 3.8) is 0 Å². The first-order valence-corrected chi connectivity index (χ1v) is 6.80. The van der Waals surface area contributed by atoms with Crippen LogP contribution in [-0.2, 0) is 4.79 Å². The summed E-state index contributed by atoms with van der Waals surface area (Å²) in [4.78, 5) is 22.7. The number of hydrogen-bond acceptors (Lipinski definition) is 3. The van der Waals surface area contributed by atoms with Gasteiger partial charge in [-0.1, -0.05) is 0 Å². The summed E-state index contributed by atoms with van der Waals surface area (Å²) in [5, 5.41) is 18.6. The van der Waals surface area contributed by atoms with E-state index < -0.39 is 5.97 Å². The van der Waals surface area contributed by atoms with Gasteiger partial charge in [0.1, 0.15) is 0 Å². The van der Waals surface area contributed by atoms with Crippen molar-refractivity contribution < 1.29 is 14.7 Å². The van der Waals surface area contributed by atoms with E-state index in [4.69, 9.17) is 5.11 Å². The zero-order valence-corrected chi connectivity index (χ0v) is 11.7. The van der Waals surface area contributed by atoms with E-state index in [0.717, 1.165) is 0 Å². The monoisotopic (exact) mass is 280 g/mol. The van der Waals surface area contributed by atoms with Crippen molar-refractivity contribution >= 4 is 17.7 Å². The highest BCUT2D eigenvalue weighted by Crippen LogP contribution is 2.25. The Balaban J connectivity index is 1.82. The van der Waals surface area contributed by atoms with E-state index in [1.807, 2.05) is 13.8 Å². The van der Waals surface area contributed by atoms with Crippen molar-refractivity contribution in [1.29, 1.82) is 0 Å². The molecule has 0 bridgehead atoms. The van der Waals surface area contributed by atoms with Gasteiger partial charge in [-0.3, -0.25) is 9.48 Å². The van der Waals surface area contributed by atoms with Gasteiger partial charge in [0, 0.05) is 18.3 Å². The fourth-order valence-electron chi connectivity index (χ4n) is 2.37. The number of carbonyl (C=O) groups is 2. The highest BCUT2D eigenvalue weighted by Gasteiger charge is 2.30. The summed E-state index contributed by atoms with van der Waals surface area (Å²) in [5.74, 6) is -1.13. The molecule has 2 amide bonds. The van der Waals surface area contributed by atoms with Crippen LogP contribution < -0.4 is 10.6 Å². The zero-order valence-electron chi connectivity index (χ0n) is 11.7. The summed E-state index contributed by atoms with van der Waals surface area (Å²) < 4.78 is 1.76. The molecule has 0 aromatic carbocycles. The molecule has 0 spiro atoms. The van der Waals surface area contributed by atoms with Gasteiger partial charge >= 0.3 is 12.0 Å². The van der Waals surface area contributed by atoms with E-state index in [-0.39, 0.29) is 24.0 Å². The van der Waals surface area contributed by atoms with Crippen LogP contribution in [0.3, 0.4) is 0 Å². The summed E-state index contributed by atoms with van der Waals surface area (Å²) >= 11 is 0. The number of amides is 2. The Kier molecular flexibility index (Phi) is 4.26. The molecule has 0 radical (unpaired) electrons. The van der Waals surface area contributed by atoms with Crippen molar-refractivity contribution in [1.82, 2.24) is 15.1 Å². The minimum absolute atomic E-state index is 0.0729. The lowest BCUT2D eigenvalue weighted by atomic mass is 10.1. The molecule has 2 rings (SSSR count). The molecule has 3 N–H and O–H groups in total. The van der Waals surface area contributed by atoms with Crippen LogP contribution in [0.15, 0.2) is 12.4 Å². The third-order valence-corrected chi connectivity index (χ3v) is 3.51. The van der Waals surface area contributed by atoms with Crippen LogP contribution in [0.2, 0.25) is 0 Å². The highest BCUT2D eigenvalue weighted by molar-refractivity contribution is 5.89. The average molecular weight is 280 g/mol. The zero-order chi connectivity index (χ0) is 14.7. The Morgan fingerprint density at radius 1 is 1.45 bits per heavy atom. The van der Waals surface area contributed by atoms with E-state index in [0.29, 0.717) is 24.9 Å². The molecule has 0 aliphatic heterocycles. The lowest BCUT2D eigenvalue weighted by molar-refractivity contribution is -0.141. The topological polar surface area (TPSA) is 96.2 Å². The first-order chi connectivity index (χ1) is 9.45. The number of rotatable bonds is 4. The second-order valence-corrected chi connectivity index (χ2v) is 5.45. The number of carboxylic acids is 1. The lowest BCUT2D eigenvalue weighted by Crippen LogP contribution is -2.36. The smallest absolute Gasteiger partial charge is 0.319 e. The van der Waals surface area contributed by atoms with Crippen LogP contribution in [0.25, 0.3) is 0 Å². The van der Waals surface area contributed by atoms with Gasteiger partial charge in [-0.15, -0.1) is 0 Å². The molecular formula is C13H20N4O3. The second-order valence-electron chi connectivity index (χ2n) is 5.45. The summed E-state index contributed by atoms with van der Waals surface area (Å²) in [7, 11) is 0. The Labute approximate surface area is 117 Å². The molecule has 0 saturated heterocycles. The molecule has 1 saturated carbocycles. The van der Waals surface area contributed by atoms with E-state index >= 15 is 0 Å². The Morgan fingerprint density at radius 2 is 2.20 bits per heavy atom.